The smallest absolute Gasteiger partial charge is 0.320 e. The van der Waals surface area contributed by atoms with E-state index in [-0.39, 0.29) is 0 Å². The molecule has 24 heavy (non-hydrogen) atoms. The molecule has 0 aliphatic carbocycles. The number of amides is 2. The van der Waals surface area contributed by atoms with Crippen molar-refractivity contribution in [2.45, 2.75) is 44.3 Å². The molecule has 2 amide bonds. The Morgan fingerprint density at radius 2 is 1.83 bits per heavy atom. The van der Waals surface area contributed by atoms with E-state index in [1.54, 1.807) is 7.11 Å². The minimum atomic E-state index is 0.292. The molecule has 1 unspecified atom stereocenters. The third kappa shape index (κ3) is 2.86. The molecule has 5 nitrogen and oxygen atoms in total. The highest BCUT2D eigenvalue weighted by atomic mass is 16.5. The van der Waals surface area contributed by atoms with Gasteiger partial charge in [0, 0.05) is 44.3 Å². The largest absolute Gasteiger partial charge is 0.496 e. The second kappa shape index (κ2) is 6.63. The van der Waals surface area contributed by atoms with E-state index in [1.165, 1.54) is 18.4 Å². The second-order valence-corrected chi connectivity index (χ2v) is 7.24. The number of benzene rings is 1. The first-order chi connectivity index (χ1) is 11.8. The zero-order chi connectivity index (χ0) is 16.5. The van der Waals surface area contributed by atoms with Crippen LogP contribution in [0.4, 0.5) is 4.79 Å². The number of hydrogen-bond acceptors (Lipinski definition) is 3. The highest BCUT2D eigenvalue weighted by molar-refractivity contribution is 5.78. The normalized spacial score (nSPS) is 25.4. The van der Waals surface area contributed by atoms with Crippen molar-refractivity contribution >= 4 is 6.03 Å². The predicted octanol–water partition coefficient (Wildman–Crippen LogP) is 2.56. The molecular formula is C19H27N3O2. The molecule has 130 valence electrons. The number of likely N-dealkylation sites (tertiary alicyclic amines) is 1. The van der Waals surface area contributed by atoms with Gasteiger partial charge < -0.3 is 14.5 Å². The lowest BCUT2D eigenvalue weighted by atomic mass is 10.0. The molecule has 1 aromatic rings. The van der Waals surface area contributed by atoms with Crippen molar-refractivity contribution < 1.29 is 9.53 Å². The molecular weight excluding hydrogens is 302 g/mol. The first kappa shape index (κ1) is 15.8. The van der Waals surface area contributed by atoms with Gasteiger partial charge in [0.05, 0.1) is 13.2 Å². The summed E-state index contributed by atoms with van der Waals surface area (Å²) in [5, 5.41) is 0. The van der Waals surface area contributed by atoms with Gasteiger partial charge in [-0.2, -0.15) is 0 Å². The van der Waals surface area contributed by atoms with Crippen LogP contribution in [0.25, 0.3) is 0 Å². The first-order valence-corrected chi connectivity index (χ1v) is 9.18. The molecule has 0 aromatic heterocycles. The highest BCUT2D eigenvalue weighted by Gasteiger charge is 2.43. The molecule has 1 aromatic carbocycles. The Morgan fingerprint density at radius 1 is 1.04 bits per heavy atom. The van der Waals surface area contributed by atoms with Crippen LogP contribution in [-0.2, 0) is 6.54 Å². The summed E-state index contributed by atoms with van der Waals surface area (Å²) in [7, 11) is 1.73. The van der Waals surface area contributed by atoms with Crippen LogP contribution in [0.1, 0.15) is 31.2 Å². The molecule has 0 N–H and O–H groups in total. The number of piperidine rings is 1. The molecule has 3 saturated heterocycles. The van der Waals surface area contributed by atoms with Crippen molar-refractivity contribution in [1.29, 1.82) is 0 Å². The average molecular weight is 329 g/mol. The van der Waals surface area contributed by atoms with E-state index in [4.69, 9.17) is 4.74 Å². The molecule has 0 radical (unpaired) electrons. The minimum Gasteiger partial charge on any atom is -0.496 e. The molecule has 3 heterocycles. The van der Waals surface area contributed by atoms with Gasteiger partial charge in [0.1, 0.15) is 5.75 Å². The van der Waals surface area contributed by atoms with Crippen LogP contribution in [0.5, 0.6) is 5.75 Å². The summed E-state index contributed by atoms with van der Waals surface area (Å²) in [5.41, 5.74) is 1.25. The van der Waals surface area contributed by atoms with Crippen molar-refractivity contribution in [3.8, 4) is 5.75 Å². The zero-order valence-electron chi connectivity index (χ0n) is 14.5. The topological polar surface area (TPSA) is 36.0 Å². The number of fused-ring (bicyclic) bond motifs is 1. The Morgan fingerprint density at radius 3 is 2.58 bits per heavy atom. The minimum absolute atomic E-state index is 0.292. The van der Waals surface area contributed by atoms with Crippen molar-refractivity contribution in [2.75, 3.05) is 33.3 Å². The summed E-state index contributed by atoms with van der Waals surface area (Å²) in [4.78, 5) is 19.3. The van der Waals surface area contributed by atoms with Crippen LogP contribution in [0.15, 0.2) is 24.3 Å². The van der Waals surface area contributed by atoms with Crippen molar-refractivity contribution in [3.05, 3.63) is 29.8 Å². The van der Waals surface area contributed by atoms with Crippen LogP contribution in [-0.4, -0.2) is 66.1 Å². The van der Waals surface area contributed by atoms with E-state index < -0.39 is 0 Å². The maximum Gasteiger partial charge on any atom is 0.320 e. The number of hydrogen-bond donors (Lipinski definition) is 0. The average Bonchev–Trinajstić information content (AvgIpc) is 3.19. The maximum atomic E-state index is 12.6. The van der Waals surface area contributed by atoms with Gasteiger partial charge >= 0.3 is 6.03 Å². The SMILES string of the molecule is COc1ccccc1CN1CCC(N2CC3CCCN3C2=O)CC1. The monoisotopic (exact) mass is 329 g/mol. The lowest BCUT2D eigenvalue weighted by Gasteiger charge is -2.36. The Kier molecular flexibility index (Phi) is 4.35. The Bertz CT molecular complexity index is 598. The molecule has 3 aliphatic heterocycles. The number of carbonyl (C=O) groups excluding carboxylic acids is 1. The predicted molar refractivity (Wildman–Crippen MR) is 93.1 cm³/mol. The van der Waals surface area contributed by atoms with Gasteiger partial charge in [-0.05, 0) is 31.7 Å². The van der Waals surface area contributed by atoms with Crippen LogP contribution in [0.2, 0.25) is 0 Å². The molecule has 0 saturated carbocycles. The van der Waals surface area contributed by atoms with E-state index in [0.717, 1.165) is 51.3 Å². The third-order valence-corrected chi connectivity index (χ3v) is 5.86. The third-order valence-electron chi connectivity index (χ3n) is 5.86. The van der Waals surface area contributed by atoms with Gasteiger partial charge in [0.2, 0.25) is 0 Å². The summed E-state index contributed by atoms with van der Waals surface area (Å²) >= 11 is 0. The van der Waals surface area contributed by atoms with Crippen LogP contribution in [0.3, 0.4) is 0 Å². The van der Waals surface area contributed by atoms with E-state index in [0.29, 0.717) is 18.1 Å². The molecule has 3 fully saturated rings. The number of ether oxygens (including phenoxy) is 1. The molecule has 0 spiro atoms. The number of methoxy groups -OCH3 is 1. The number of urea groups is 1. The number of carbonyl (C=O) groups is 1. The highest BCUT2D eigenvalue weighted by Crippen LogP contribution is 2.30. The van der Waals surface area contributed by atoms with Gasteiger partial charge in [-0.25, -0.2) is 4.79 Å². The molecule has 5 heteroatoms. The lowest BCUT2D eigenvalue weighted by molar-refractivity contribution is 0.125. The van der Waals surface area contributed by atoms with Gasteiger partial charge in [0.15, 0.2) is 0 Å². The van der Waals surface area contributed by atoms with E-state index in [2.05, 4.69) is 26.8 Å². The number of para-hydroxylation sites is 1. The van der Waals surface area contributed by atoms with Crippen LogP contribution in [0, 0.1) is 0 Å². The fourth-order valence-corrected chi connectivity index (χ4v) is 4.52. The summed E-state index contributed by atoms with van der Waals surface area (Å²) in [6.45, 7) is 4.95. The Balaban J connectivity index is 1.33. The fourth-order valence-electron chi connectivity index (χ4n) is 4.52. The van der Waals surface area contributed by atoms with E-state index in [1.807, 2.05) is 12.1 Å². The first-order valence-electron chi connectivity index (χ1n) is 9.18. The summed E-state index contributed by atoms with van der Waals surface area (Å²) in [6, 6.07) is 9.46. The second-order valence-electron chi connectivity index (χ2n) is 7.24. The number of rotatable bonds is 4. The fraction of sp³-hybridized carbons (Fsp3) is 0.632. The van der Waals surface area contributed by atoms with E-state index in [9.17, 15) is 4.79 Å². The lowest BCUT2D eigenvalue weighted by Crippen LogP contribution is -2.46. The Labute approximate surface area is 144 Å². The quantitative estimate of drug-likeness (QED) is 0.852. The zero-order valence-corrected chi connectivity index (χ0v) is 14.5. The van der Waals surface area contributed by atoms with Crippen molar-refractivity contribution in [1.82, 2.24) is 14.7 Å². The molecule has 0 bridgehead atoms. The standard InChI is InChI=1S/C19H27N3O2/c1-24-18-7-3-2-5-15(18)13-20-11-8-16(9-12-20)22-14-17-6-4-10-21(17)19(22)23/h2-3,5,7,16-17H,4,6,8-14H2,1H3. The summed E-state index contributed by atoms with van der Waals surface area (Å²) < 4.78 is 5.46. The van der Waals surface area contributed by atoms with Crippen LogP contribution < -0.4 is 4.74 Å². The van der Waals surface area contributed by atoms with Crippen molar-refractivity contribution in [3.63, 3.8) is 0 Å². The molecule has 4 rings (SSSR count). The number of nitrogens with zero attached hydrogens (tertiary/aromatic N) is 3. The van der Waals surface area contributed by atoms with Crippen LogP contribution >= 0.6 is 0 Å². The molecule has 3 aliphatic rings. The molecule has 1 atom stereocenters. The van der Waals surface area contributed by atoms with E-state index >= 15 is 0 Å². The van der Waals surface area contributed by atoms with Gasteiger partial charge in [0.25, 0.3) is 0 Å². The van der Waals surface area contributed by atoms with Gasteiger partial charge in [-0.15, -0.1) is 0 Å². The van der Waals surface area contributed by atoms with Gasteiger partial charge in [-0.3, -0.25) is 4.90 Å². The maximum absolute atomic E-state index is 12.6. The summed E-state index contributed by atoms with van der Waals surface area (Å²) in [5.74, 6) is 0.968. The van der Waals surface area contributed by atoms with Gasteiger partial charge in [-0.1, -0.05) is 18.2 Å². The summed E-state index contributed by atoms with van der Waals surface area (Å²) in [6.07, 6.45) is 4.54. The Hall–Kier alpha value is -1.75. The van der Waals surface area contributed by atoms with Crippen molar-refractivity contribution in [2.24, 2.45) is 0 Å².